The van der Waals surface area contributed by atoms with Gasteiger partial charge in [0.15, 0.2) is 5.96 Å². The van der Waals surface area contributed by atoms with E-state index in [9.17, 15) is 8.42 Å². The van der Waals surface area contributed by atoms with Gasteiger partial charge in [-0.3, -0.25) is 4.99 Å². The van der Waals surface area contributed by atoms with Crippen LogP contribution in [0.4, 0.5) is 0 Å². The molecular formula is C12H21N3O2S2. The van der Waals surface area contributed by atoms with Crippen LogP contribution in [0.15, 0.2) is 17.1 Å². The molecule has 1 aromatic heterocycles. The molecule has 0 bridgehead atoms. The molecule has 0 spiro atoms. The predicted molar refractivity (Wildman–Crippen MR) is 81.6 cm³/mol. The topological polar surface area (TPSA) is 70.6 Å². The first-order valence-electron chi connectivity index (χ1n) is 6.08. The van der Waals surface area contributed by atoms with Crippen molar-refractivity contribution in [1.82, 2.24) is 10.6 Å². The van der Waals surface area contributed by atoms with E-state index in [0.29, 0.717) is 18.9 Å². The summed E-state index contributed by atoms with van der Waals surface area (Å²) in [6.45, 7) is 3.40. The van der Waals surface area contributed by atoms with E-state index in [0.717, 1.165) is 6.54 Å². The number of nitrogens with zero attached hydrogens (tertiary/aromatic N) is 1. The molecule has 5 nitrogen and oxygen atoms in total. The Balaban J connectivity index is 2.27. The summed E-state index contributed by atoms with van der Waals surface area (Å²) in [6.07, 6.45) is 1.83. The Hall–Kier alpha value is -1.08. The van der Waals surface area contributed by atoms with Gasteiger partial charge in [-0.1, -0.05) is 0 Å². The van der Waals surface area contributed by atoms with Crippen LogP contribution in [0.1, 0.15) is 16.2 Å². The fourth-order valence-electron chi connectivity index (χ4n) is 1.51. The van der Waals surface area contributed by atoms with Crippen LogP contribution in [-0.4, -0.2) is 40.0 Å². The van der Waals surface area contributed by atoms with E-state index in [1.165, 1.54) is 16.0 Å². The van der Waals surface area contributed by atoms with E-state index in [1.807, 2.05) is 0 Å². The van der Waals surface area contributed by atoms with Crippen LogP contribution < -0.4 is 10.6 Å². The standard InChI is InChI=1S/C12H21N3O2S2/c1-10-5-6-11(18-10)9-15-12(13-2)14-7-4-8-19(3,16)17/h5-6H,4,7-9H2,1-3H3,(H2,13,14,15). The fraction of sp³-hybridized carbons (Fsp3) is 0.583. The monoisotopic (exact) mass is 303 g/mol. The van der Waals surface area contributed by atoms with Gasteiger partial charge >= 0.3 is 0 Å². The molecule has 7 heteroatoms. The van der Waals surface area contributed by atoms with Crippen LogP contribution in [0, 0.1) is 6.92 Å². The van der Waals surface area contributed by atoms with Crippen molar-refractivity contribution in [2.24, 2.45) is 4.99 Å². The average Bonchev–Trinajstić information content (AvgIpc) is 2.73. The number of aliphatic imine (C=N–C) groups is 1. The van der Waals surface area contributed by atoms with Crippen molar-refractivity contribution < 1.29 is 8.42 Å². The third-order valence-corrected chi connectivity index (χ3v) is 4.46. The molecular weight excluding hydrogens is 282 g/mol. The van der Waals surface area contributed by atoms with Gasteiger partial charge in [0.2, 0.25) is 0 Å². The highest BCUT2D eigenvalue weighted by molar-refractivity contribution is 7.90. The first kappa shape index (κ1) is 16.0. The number of hydrogen-bond donors (Lipinski definition) is 2. The van der Waals surface area contributed by atoms with Gasteiger partial charge in [-0.25, -0.2) is 8.42 Å². The van der Waals surface area contributed by atoms with E-state index in [1.54, 1.807) is 18.4 Å². The lowest BCUT2D eigenvalue weighted by atomic mass is 10.4. The lowest BCUT2D eigenvalue weighted by Gasteiger charge is -2.10. The first-order chi connectivity index (χ1) is 8.90. The molecule has 0 saturated carbocycles. The minimum absolute atomic E-state index is 0.196. The molecule has 108 valence electrons. The second-order valence-electron chi connectivity index (χ2n) is 4.35. The number of aryl methyl sites for hydroxylation is 1. The molecule has 1 aromatic rings. The zero-order valence-corrected chi connectivity index (χ0v) is 13.2. The second kappa shape index (κ2) is 7.49. The molecule has 0 aliphatic heterocycles. The molecule has 0 aliphatic carbocycles. The third kappa shape index (κ3) is 7.17. The zero-order valence-electron chi connectivity index (χ0n) is 11.6. The first-order valence-corrected chi connectivity index (χ1v) is 8.96. The maximum Gasteiger partial charge on any atom is 0.191 e. The fourth-order valence-corrected chi connectivity index (χ4v) is 3.01. The van der Waals surface area contributed by atoms with Crippen LogP contribution in [0.5, 0.6) is 0 Å². The molecule has 0 amide bonds. The van der Waals surface area contributed by atoms with Gasteiger partial charge in [-0.15, -0.1) is 11.3 Å². The number of rotatable bonds is 6. The van der Waals surface area contributed by atoms with E-state index >= 15 is 0 Å². The van der Waals surface area contributed by atoms with Gasteiger partial charge in [-0.2, -0.15) is 0 Å². The maximum atomic E-state index is 11.0. The molecule has 0 atom stereocenters. The second-order valence-corrected chi connectivity index (χ2v) is 7.98. The summed E-state index contributed by atoms with van der Waals surface area (Å²) >= 11 is 1.75. The van der Waals surface area contributed by atoms with Gasteiger partial charge in [0, 0.05) is 29.6 Å². The summed E-state index contributed by atoms with van der Waals surface area (Å²) in [7, 11) is -1.18. The normalized spacial score (nSPS) is 12.5. The Morgan fingerprint density at radius 3 is 2.63 bits per heavy atom. The SMILES string of the molecule is CN=C(NCCCS(C)(=O)=O)NCc1ccc(C)s1. The molecule has 2 N–H and O–H groups in total. The summed E-state index contributed by atoms with van der Waals surface area (Å²) in [6, 6.07) is 4.17. The van der Waals surface area contributed by atoms with Gasteiger partial charge in [0.1, 0.15) is 9.84 Å². The molecule has 0 unspecified atom stereocenters. The number of nitrogens with one attached hydrogen (secondary N) is 2. The van der Waals surface area contributed by atoms with E-state index in [2.05, 4.69) is 34.7 Å². The average molecular weight is 303 g/mol. The molecule has 0 radical (unpaired) electrons. The van der Waals surface area contributed by atoms with Crippen LogP contribution in [0.2, 0.25) is 0 Å². The van der Waals surface area contributed by atoms with Crippen LogP contribution >= 0.6 is 11.3 Å². The Morgan fingerprint density at radius 2 is 2.11 bits per heavy atom. The van der Waals surface area contributed by atoms with Crippen molar-refractivity contribution in [3.05, 3.63) is 21.9 Å². The molecule has 0 aromatic carbocycles. The summed E-state index contributed by atoms with van der Waals surface area (Å²) in [5, 5.41) is 6.29. The van der Waals surface area contributed by atoms with Crippen molar-refractivity contribution >= 4 is 27.1 Å². The number of sulfone groups is 1. The summed E-state index contributed by atoms with van der Waals surface area (Å²) < 4.78 is 22.0. The van der Waals surface area contributed by atoms with E-state index < -0.39 is 9.84 Å². The van der Waals surface area contributed by atoms with E-state index in [-0.39, 0.29) is 5.75 Å². The molecule has 0 saturated heterocycles. The van der Waals surface area contributed by atoms with Gasteiger partial charge < -0.3 is 10.6 Å². The third-order valence-electron chi connectivity index (χ3n) is 2.43. The quantitative estimate of drug-likeness (QED) is 0.470. The smallest absolute Gasteiger partial charge is 0.191 e. The molecule has 0 aliphatic rings. The lowest BCUT2D eigenvalue weighted by molar-refractivity contribution is 0.598. The largest absolute Gasteiger partial charge is 0.356 e. The number of guanidine groups is 1. The van der Waals surface area contributed by atoms with Crippen LogP contribution in [0.3, 0.4) is 0 Å². The summed E-state index contributed by atoms with van der Waals surface area (Å²) in [5.41, 5.74) is 0. The van der Waals surface area contributed by atoms with Crippen LogP contribution in [0.25, 0.3) is 0 Å². The number of hydrogen-bond acceptors (Lipinski definition) is 4. The zero-order chi connectivity index (χ0) is 14.3. The number of thiophene rings is 1. The van der Waals surface area contributed by atoms with Crippen molar-refractivity contribution in [3.8, 4) is 0 Å². The lowest BCUT2D eigenvalue weighted by Crippen LogP contribution is -2.37. The van der Waals surface area contributed by atoms with Crippen LogP contribution in [-0.2, 0) is 16.4 Å². The molecule has 19 heavy (non-hydrogen) atoms. The Bertz CT molecular complexity index is 521. The Kier molecular flexibility index (Phi) is 6.30. The minimum Gasteiger partial charge on any atom is -0.356 e. The van der Waals surface area contributed by atoms with Crippen molar-refractivity contribution in [3.63, 3.8) is 0 Å². The van der Waals surface area contributed by atoms with Crippen molar-refractivity contribution in [1.29, 1.82) is 0 Å². The Morgan fingerprint density at radius 1 is 1.37 bits per heavy atom. The molecule has 1 heterocycles. The van der Waals surface area contributed by atoms with Crippen molar-refractivity contribution in [2.45, 2.75) is 19.9 Å². The van der Waals surface area contributed by atoms with Gasteiger partial charge in [-0.05, 0) is 25.5 Å². The molecule has 0 fully saturated rings. The maximum absolute atomic E-state index is 11.0. The van der Waals surface area contributed by atoms with Gasteiger partial charge in [0.05, 0.1) is 12.3 Å². The minimum atomic E-state index is -2.88. The summed E-state index contributed by atoms with van der Waals surface area (Å²) in [5.74, 6) is 0.890. The highest BCUT2D eigenvalue weighted by atomic mass is 32.2. The van der Waals surface area contributed by atoms with E-state index in [4.69, 9.17) is 0 Å². The Labute approximate surface area is 119 Å². The van der Waals surface area contributed by atoms with Gasteiger partial charge in [0.25, 0.3) is 0 Å². The highest BCUT2D eigenvalue weighted by Gasteiger charge is 2.03. The predicted octanol–water partition coefficient (Wildman–Crippen LogP) is 1.16. The van der Waals surface area contributed by atoms with Crippen molar-refractivity contribution in [2.75, 3.05) is 25.6 Å². The summed E-state index contributed by atoms with van der Waals surface area (Å²) in [4.78, 5) is 6.63. The highest BCUT2D eigenvalue weighted by Crippen LogP contribution is 2.14. The molecule has 1 rings (SSSR count).